The van der Waals surface area contributed by atoms with Crippen LogP contribution in [0, 0.1) is 13.8 Å². The van der Waals surface area contributed by atoms with Crippen molar-refractivity contribution in [2.24, 2.45) is 0 Å². The molecule has 1 N–H and O–H groups in total. The fourth-order valence-corrected chi connectivity index (χ4v) is 2.37. The first-order chi connectivity index (χ1) is 11.0. The summed E-state index contributed by atoms with van der Waals surface area (Å²) in [6, 6.07) is 13.4. The van der Waals surface area contributed by atoms with Crippen LogP contribution in [0.5, 0.6) is 11.5 Å². The van der Waals surface area contributed by atoms with E-state index in [2.05, 4.69) is 27.3 Å². The van der Waals surface area contributed by atoms with Gasteiger partial charge in [-0.3, -0.25) is 4.79 Å². The minimum atomic E-state index is -0.169. The first-order valence-electron chi connectivity index (χ1n) is 7.39. The van der Waals surface area contributed by atoms with E-state index >= 15 is 0 Å². The molecule has 0 aromatic heterocycles. The Hall–Kier alpha value is -2.01. The van der Waals surface area contributed by atoms with Crippen molar-refractivity contribution >= 4 is 21.8 Å². The number of hydrogen-bond acceptors (Lipinski definition) is 3. The van der Waals surface area contributed by atoms with Crippen LogP contribution in [0.3, 0.4) is 0 Å². The molecule has 1 amide bonds. The summed E-state index contributed by atoms with van der Waals surface area (Å²) in [4.78, 5) is 11.7. The van der Waals surface area contributed by atoms with E-state index in [4.69, 9.17) is 9.47 Å². The number of amides is 1. The van der Waals surface area contributed by atoms with Gasteiger partial charge in [0.2, 0.25) is 0 Å². The van der Waals surface area contributed by atoms with Crippen LogP contribution in [-0.4, -0.2) is 25.7 Å². The van der Waals surface area contributed by atoms with Crippen LogP contribution in [0.25, 0.3) is 0 Å². The molecule has 2 rings (SSSR count). The summed E-state index contributed by atoms with van der Waals surface area (Å²) < 4.78 is 12.0. The van der Waals surface area contributed by atoms with Gasteiger partial charge in [0.15, 0.2) is 6.61 Å². The second-order valence-corrected chi connectivity index (χ2v) is 6.18. The van der Waals surface area contributed by atoms with Gasteiger partial charge in [-0.25, -0.2) is 0 Å². The first kappa shape index (κ1) is 17.3. The maximum absolute atomic E-state index is 11.7. The van der Waals surface area contributed by atoms with Gasteiger partial charge in [0.1, 0.15) is 18.1 Å². The number of hydrogen-bond donors (Lipinski definition) is 1. The molecule has 23 heavy (non-hydrogen) atoms. The number of carbonyl (C=O) groups excluding carboxylic acids is 1. The van der Waals surface area contributed by atoms with E-state index in [1.54, 1.807) is 12.1 Å². The van der Waals surface area contributed by atoms with E-state index in [1.807, 2.05) is 38.1 Å². The number of benzene rings is 2. The highest BCUT2D eigenvalue weighted by atomic mass is 79.9. The third kappa shape index (κ3) is 6.32. The Labute approximate surface area is 144 Å². The monoisotopic (exact) mass is 377 g/mol. The van der Waals surface area contributed by atoms with Crippen LogP contribution in [0.15, 0.2) is 46.9 Å². The maximum Gasteiger partial charge on any atom is 0.258 e. The van der Waals surface area contributed by atoms with Crippen LogP contribution in [-0.2, 0) is 4.79 Å². The Morgan fingerprint density at radius 2 is 1.65 bits per heavy atom. The third-order valence-electron chi connectivity index (χ3n) is 3.07. The van der Waals surface area contributed by atoms with Crippen LogP contribution >= 0.6 is 15.9 Å². The van der Waals surface area contributed by atoms with Gasteiger partial charge in [-0.2, -0.15) is 0 Å². The highest BCUT2D eigenvalue weighted by Crippen LogP contribution is 2.16. The van der Waals surface area contributed by atoms with Gasteiger partial charge in [-0.1, -0.05) is 22.0 Å². The van der Waals surface area contributed by atoms with E-state index in [1.165, 1.54) is 0 Å². The molecule has 5 heteroatoms. The molecule has 0 spiro atoms. The summed E-state index contributed by atoms with van der Waals surface area (Å²) >= 11 is 3.35. The second kappa shape index (κ2) is 8.58. The molecule has 0 saturated carbocycles. The molecule has 0 heterocycles. The summed E-state index contributed by atoms with van der Waals surface area (Å²) in [7, 11) is 0. The lowest BCUT2D eigenvalue weighted by atomic mass is 10.1. The van der Waals surface area contributed by atoms with Crippen molar-refractivity contribution in [2.45, 2.75) is 13.8 Å². The third-order valence-corrected chi connectivity index (χ3v) is 3.60. The minimum Gasteiger partial charge on any atom is -0.492 e. The average molecular weight is 378 g/mol. The molecule has 4 nitrogen and oxygen atoms in total. The van der Waals surface area contributed by atoms with Gasteiger partial charge < -0.3 is 14.8 Å². The summed E-state index contributed by atoms with van der Waals surface area (Å²) in [5, 5.41) is 2.77. The quantitative estimate of drug-likeness (QED) is 0.749. The van der Waals surface area contributed by atoms with E-state index in [9.17, 15) is 4.79 Å². The van der Waals surface area contributed by atoms with E-state index in [-0.39, 0.29) is 12.5 Å². The topological polar surface area (TPSA) is 47.6 Å². The Morgan fingerprint density at radius 3 is 2.30 bits per heavy atom. The first-order valence-corrected chi connectivity index (χ1v) is 8.18. The number of aryl methyl sites for hydroxylation is 2. The fraction of sp³-hybridized carbons (Fsp3) is 0.278. The summed E-state index contributed by atoms with van der Waals surface area (Å²) in [5.41, 5.74) is 2.32. The summed E-state index contributed by atoms with van der Waals surface area (Å²) in [6.07, 6.45) is 0. The predicted octanol–water partition coefficient (Wildman–Crippen LogP) is 3.64. The van der Waals surface area contributed by atoms with Crippen LogP contribution in [0.2, 0.25) is 0 Å². The maximum atomic E-state index is 11.7. The lowest BCUT2D eigenvalue weighted by molar-refractivity contribution is -0.123. The molecule has 0 aliphatic rings. The number of carbonyl (C=O) groups is 1. The Kier molecular flexibility index (Phi) is 6.47. The normalized spacial score (nSPS) is 10.2. The van der Waals surface area contributed by atoms with E-state index in [0.29, 0.717) is 18.9 Å². The molecule has 0 aliphatic heterocycles. The molecule has 2 aromatic carbocycles. The molecule has 0 atom stereocenters. The van der Waals surface area contributed by atoms with Crippen LogP contribution < -0.4 is 14.8 Å². The van der Waals surface area contributed by atoms with Crippen molar-refractivity contribution in [2.75, 3.05) is 19.8 Å². The second-order valence-electron chi connectivity index (χ2n) is 5.26. The van der Waals surface area contributed by atoms with E-state index < -0.39 is 0 Å². The molecule has 122 valence electrons. The van der Waals surface area contributed by atoms with Gasteiger partial charge in [0, 0.05) is 4.47 Å². The Morgan fingerprint density at radius 1 is 1.00 bits per heavy atom. The molecule has 0 fully saturated rings. The number of halogens is 1. The van der Waals surface area contributed by atoms with Gasteiger partial charge in [0.25, 0.3) is 5.91 Å². The van der Waals surface area contributed by atoms with E-state index in [0.717, 1.165) is 21.3 Å². The van der Waals surface area contributed by atoms with Crippen molar-refractivity contribution in [1.29, 1.82) is 0 Å². The largest absolute Gasteiger partial charge is 0.492 e. The number of ether oxygens (including phenoxy) is 2. The molecule has 0 radical (unpaired) electrons. The highest BCUT2D eigenvalue weighted by Gasteiger charge is 2.03. The molecular formula is C18H20BrNO3. The molecule has 0 bridgehead atoms. The average Bonchev–Trinajstić information content (AvgIpc) is 2.50. The number of rotatable bonds is 7. The summed E-state index contributed by atoms with van der Waals surface area (Å²) in [6.45, 7) is 4.91. The minimum absolute atomic E-state index is 0.00874. The Balaban J connectivity index is 1.65. The smallest absolute Gasteiger partial charge is 0.258 e. The van der Waals surface area contributed by atoms with Gasteiger partial charge in [-0.15, -0.1) is 0 Å². The van der Waals surface area contributed by atoms with Gasteiger partial charge in [0.05, 0.1) is 6.54 Å². The van der Waals surface area contributed by atoms with Crippen LogP contribution in [0.4, 0.5) is 0 Å². The van der Waals surface area contributed by atoms with Crippen molar-refractivity contribution in [3.63, 3.8) is 0 Å². The van der Waals surface area contributed by atoms with Crippen molar-refractivity contribution in [3.05, 3.63) is 58.1 Å². The van der Waals surface area contributed by atoms with Crippen LogP contribution in [0.1, 0.15) is 11.1 Å². The lowest BCUT2D eigenvalue weighted by Gasteiger charge is -2.10. The van der Waals surface area contributed by atoms with Gasteiger partial charge >= 0.3 is 0 Å². The molecule has 0 saturated heterocycles. The highest BCUT2D eigenvalue weighted by molar-refractivity contribution is 9.10. The summed E-state index contributed by atoms with van der Waals surface area (Å²) in [5.74, 6) is 1.31. The fourth-order valence-electron chi connectivity index (χ4n) is 2.11. The zero-order chi connectivity index (χ0) is 16.7. The molecular weight excluding hydrogens is 358 g/mol. The van der Waals surface area contributed by atoms with Crippen molar-refractivity contribution < 1.29 is 14.3 Å². The predicted molar refractivity (Wildman–Crippen MR) is 94.1 cm³/mol. The zero-order valence-electron chi connectivity index (χ0n) is 13.3. The van der Waals surface area contributed by atoms with Crippen molar-refractivity contribution in [1.82, 2.24) is 5.32 Å². The molecule has 0 unspecified atom stereocenters. The molecule has 0 aliphatic carbocycles. The molecule has 2 aromatic rings. The zero-order valence-corrected chi connectivity index (χ0v) is 14.9. The van der Waals surface area contributed by atoms with Crippen molar-refractivity contribution in [3.8, 4) is 11.5 Å². The van der Waals surface area contributed by atoms with Gasteiger partial charge in [-0.05, 0) is 61.4 Å². The number of nitrogens with one attached hydrogen (secondary N) is 1. The standard InChI is InChI=1S/C18H20BrNO3/c1-13-9-14(2)11-17(10-13)22-8-7-20-18(21)12-23-16-5-3-15(19)4-6-16/h3-6,9-11H,7-8,12H2,1-2H3,(H,20,21). The lowest BCUT2D eigenvalue weighted by Crippen LogP contribution is -2.32. The Bertz CT molecular complexity index is 636. The SMILES string of the molecule is Cc1cc(C)cc(OCCNC(=O)COc2ccc(Br)cc2)c1.